The van der Waals surface area contributed by atoms with Gasteiger partial charge in [-0.3, -0.25) is 9.13 Å². The average Bonchev–Trinajstić information content (AvgIpc) is 3.48. The van der Waals surface area contributed by atoms with Crippen LogP contribution >= 0.6 is 0 Å². The number of nitrogens with one attached hydrogen (secondary N) is 1. The summed E-state index contributed by atoms with van der Waals surface area (Å²) in [6, 6.07) is 6.68. The van der Waals surface area contributed by atoms with Crippen LogP contribution in [0.3, 0.4) is 0 Å². The van der Waals surface area contributed by atoms with E-state index < -0.39 is 11.6 Å². The SMILES string of the molecule is CCn1c(=O)n(CCNc2ccc(F)cc2F)c2nc(N)n3nc(-c4ccco4)nc3c21. The summed E-state index contributed by atoms with van der Waals surface area (Å²) in [4.78, 5) is 22.0. The number of nitrogen functional groups attached to an aromatic ring is 1. The van der Waals surface area contributed by atoms with E-state index >= 15 is 0 Å². The standard InChI is InChI=1S/C20H18F2N8O2/c1-2-28-15-17(26-19(23)30-18(15)25-16(27-30)14-4-3-9-32-14)29(20(28)31)8-7-24-13-6-5-11(21)10-12(13)22/h3-6,9-10,24H,2,7-8H2,1H3,(H2,23,26). The molecule has 0 amide bonds. The zero-order valence-corrected chi connectivity index (χ0v) is 16.9. The summed E-state index contributed by atoms with van der Waals surface area (Å²) in [6.45, 7) is 2.56. The van der Waals surface area contributed by atoms with E-state index in [0.717, 1.165) is 12.1 Å². The van der Waals surface area contributed by atoms with E-state index in [9.17, 15) is 13.6 Å². The summed E-state index contributed by atoms with van der Waals surface area (Å²) in [5.41, 5.74) is 7.11. The summed E-state index contributed by atoms with van der Waals surface area (Å²) < 4.78 is 36.7. The first-order valence-corrected chi connectivity index (χ1v) is 9.86. The molecule has 4 aromatic heterocycles. The zero-order chi connectivity index (χ0) is 22.4. The lowest BCUT2D eigenvalue weighted by Gasteiger charge is -2.08. The van der Waals surface area contributed by atoms with Crippen molar-refractivity contribution >= 4 is 28.4 Å². The van der Waals surface area contributed by atoms with Gasteiger partial charge < -0.3 is 15.5 Å². The molecule has 12 heteroatoms. The highest BCUT2D eigenvalue weighted by atomic mass is 19.1. The molecule has 164 valence electrons. The Hall–Kier alpha value is -4.22. The Kier molecular flexibility index (Phi) is 4.61. The van der Waals surface area contributed by atoms with Gasteiger partial charge in [0.05, 0.1) is 12.0 Å². The van der Waals surface area contributed by atoms with Crippen LogP contribution in [-0.4, -0.2) is 35.3 Å². The molecule has 0 spiro atoms. The van der Waals surface area contributed by atoms with Crippen LogP contribution in [0, 0.1) is 11.6 Å². The lowest BCUT2D eigenvalue weighted by Crippen LogP contribution is -2.26. The number of nitrogens with two attached hydrogens (primary N) is 1. The van der Waals surface area contributed by atoms with Gasteiger partial charge in [0.2, 0.25) is 11.8 Å². The molecule has 0 aliphatic heterocycles. The third-order valence-corrected chi connectivity index (χ3v) is 5.10. The monoisotopic (exact) mass is 440 g/mol. The molecular formula is C20H18F2N8O2. The Bertz CT molecular complexity index is 1500. The lowest BCUT2D eigenvalue weighted by atomic mass is 10.3. The van der Waals surface area contributed by atoms with Crippen molar-refractivity contribution in [1.82, 2.24) is 28.7 Å². The second kappa shape index (κ2) is 7.48. The molecule has 32 heavy (non-hydrogen) atoms. The number of halogens is 2. The zero-order valence-electron chi connectivity index (χ0n) is 16.9. The highest BCUT2D eigenvalue weighted by Gasteiger charge is 2.22. The Morgan fingerprint density at radius 2 is 2.00 bits per heavy atom. The Balaban J connectivity index is 1.57. The van der Waals surface area contributed by atoms with Gasteiger partial charge in [-0.1, -0.05) is 0 Å². The van der Waals surface area contributed by atoms with E-state index in [-0.39, 0.29) is 30.4 Å². The van der Waals surface area contributed by atoms with Gasteiger partial charge in [0, 0.05) is 25.7 Å². The molecule has 10 nitrogen and oxygen atoms in total. The topological polar surface area (TPSA) is 121 Å². The predicted molar refractivity (Wildman–Crippen MR) is 113 cm³/mol. The van der Waals surface area contributed by atoms with Crippen LogP contribution in [0.2, 0.25) is 0 Å². The molecule has 0 radical (unpaired) electrons. The van der Waals surface area contributed by atoms with Crippen molar-refractivity contribution in [1.29, 1.82) is 0 Å². The van der Waals surface area contributed by atoms with Crippen LogP contribution < -0.4 is 16.7 Å². The van der Waals surface area contributed by atoms with Gasteiger partial charge in [-0.05, 0) is 31.2 Å². The quantitative estimate of drug-likeness (QED) is 0.416. The van der Waals surface area contributed by atoms with Gasteiger partial charge in [0.25, 0.3) is 0 Å². The number of benzene rings is 1. The van der Waals surface area contributed by atoms with Gasteiger partial charge in [-0.2, -0.15) is 9.50 Å². The van der Waals surface area contributed by atoms with Crippen LogP contribution in [0.25, 0.3) is 28.4 Å². The Labute approximate surface area is 178 Å². The lowest BCUT2D eigenvalue weighted by molar-refractivity contribution is 0.577. The van der Waals surface area contributed by atoms with Gasteiger partial charge in [-0.25, -0.2) is 18.6 Å². The van der Waals surface area contributed by atoms with Crippen molar-refractivity contribution in [2.45, 2.75) is 20.0 Å². The van der Waals surface area contributed by atoms with Crippen molar-refractivity contribution in [3.63, 3.8) is 0 Å². The largest absolute Gasteiger partial charge is 0.461 e. The highest BCUT2D eigenvalue weighted by Crippen LogP contribution is 2.23. The average molecular weight is 440 g/mol. The first-order valence-electron chi connectivity index (χ1n) is 9.86. The second-order valence-electron chi connectivity index (χ2n) is 7.02. The van der Waals surface area contributed by atoms with Crippen LogP contribution in [0.4, 0.5) is 20.4 Å². The van der Waals surface area contributed by atoms with Crippen molar-refractivity contribution in [3.8, 4) is 11.6 Å². The number of aromatic nitrogens is 6. The maximum Gasteiger partial charge on any atom is 0.330 e. The molecule has 0 unspecified atom stereocenters. The van der Waals surface area contributed by atoms with Crippen molar-refractivity contribution in [2.24, 2.45) is 0 Å². The van der Waals surface area contributed by atoms with Crippen LogP contribution in [0.5, 0.6) is 0 Å². The normalized spacial score (nSPS) is 11.6. The molecule has 5 aromatic rings. The van der Waals surface area contributed by atoms with Crippen LogP contribution in [0.15, 0.2) is 45.8 Å². The van der Waals surface area contributed by atoms with Crippen molar-refractivity contribution < 1.29 is 13.2 Å². The Morgan fingerprint density at radius 3 is 2.72 bits per heavy atom. The van der Waals surface area contributed by atoms with E-state index in [1.54, 1.807) is 12.1 Å². The smallest absolute Gasteiger partial charge is 0.330 e. The van der Waals surface area contributed by atoms with Gasteiger partial charge in [0.1, 0.15) is 17.2 Å². The summed E-state index contributed by atoms with van der Waals surface area (Å²) in [7, 11) is 0. The minimum atomic E-state index is -0.716. The molecule has 0 saturated carbocycles. The third-order valence-electron chi connectivity index (χ3n) is 5.10. The molecule has 0 bridgehead atoms. The summed E-state index contributed by atoms with van der Waals surface area (Å²) >= 11 is 0. The van der Waals surface area contributed by atoms with E-state index in [0.29, 0.717) is 34.9 Å². The van der Waals surface area contributed by atoms with Gasteiger partial charge in [0.15, 0.2) is 17.1 Å². The van der Waals surface area contributed by atoms with Gasteiger partial charge in [-0.15, -0.1) is 5.10 Å². The fraction of sp³-hybridized carbons (Fsp3) is 0.200. The number of furan rings is 1. The minimum Gasteiger partial charge on any atom is -0.461 e. The number of aryl methyl sites for hydroxylation is 1. The number of rotatable bonds is 6. The van der Waals surface area contributed by atoms with E-state index in [2.05, 4.69) is 20.4 Å². The molecular weight excluding hydrogens is 422 g/mol. The number of hydrogen-bond donors (Lipinski definition) is 2. The fourth-order valence-corrected chi connectivity index (χ4v) is 3.64. The minimum absolute atomic E-state index is 0.0531. The van der Waals surface area contributed by atoms with E-state index in [1.807, 2.05) is 6.92 Å². The first kappa shape index (κ1) is 19.7. The molecule has 1 aromatic carbocycles. The first-order chi connectivity index (χ1) is 15.5. The summed E-state index contributed by atoms with van der Waals surface area (Å²) in [5, 5.41) is 7.22. The molecule has 0 saturated heterocycles. The number of imidazole rings is 1. The summed E-state index contributed by atoms with van der Waals surface area (Å²) in [6.07, 6.45) is 1.51. The number of anilines is 2. The van der Waals surface area contributed by atoms with Crippen LogP contribution in [0.1, 0.15) is 6.92 Å². The second-order valence-corrected chi connectivity index (χ2v) is 7.02. The highest BCUT2D eigenvalue weighted by molar-refractivity contribution is 5.88. The molecule has 5 rings (SSSR count). The fourth-order valence-electron chi connectivity index (χ4n) is 3.64. The number of nitrogens with zero attached hydrogens (tertiary/aromatic N) is 6. The summed E-state index contributed by atoms with van der Waals surface area (Å²) in [5.74, 6) is -0.561. The van der Waals surface area contributed by atoms with Crippen molar-refractivity contribution in [2.75, 3.05) is 17.6 Å². The molecule has 0 atom stereocenters. The predicted octanol–water partition coefficient (Wildman–Crippen LogP) is 2.49. The maximum absolute atomic E-state index is 13.9. The molecule has 0 aliphatic rings. The number of fused-ring (bicyclic) bond motifs is 3. The molecule has 3 N–H and O–H groups in total. The molecule has 0 fully saturated rings. The van der Waals surface area contributed by atoms with Crippen LogP contribution in [-0.2, 0) is 13.1 Å². The Morgan fingerprint density at radius 1 is 1.16 bits per heavy atom. The molecule has 0 aliphatic carbocycles. The molecule has 4 heterocycles. The van der Waals surface area contributed by atoms with E-state index in [4.69, 9.17) is 10.2 Å². The van der Waals surface area contributed by atoms with E-state index in [1.165, 1.54) is 26.0 Å². The maximum atomic E-state index is 13.9. The van der Waals surface area contributed by atoms with Crippen molar-refractivity contribution in [3.05, 3.63) is 58.7 Å². The third kappa shape index (κ3) is 3.07. The number of hydrogen-bond acceptors (Lipinski definition) is 7. The van der Waals surface area contributed by atoms with Gasteiger partial charge >= 0.3 is 5.69 Å².